The van der Waals surface area contributed by atoms with Crippen molar-refractivity contribution in [2.75, 3.05) is 13.1 Å². The zero-order chi connectivity index (χ0) is 12.4. The smallest absolute Gasteiger partial charge is 0.407 e. The first kappa shape index (κ1) is 12.4. The molecule has 1 N–H and O–H groups in total. The average Bonchev–Trinajstić information content (AvgIpc) is 2.86. The Hall–Kier alpha value is -1.08. The Bertz CT molecular complexity index is 421. The van der Waals surface area contributed by atoms with Gasteiger partial charge in [0.2, 0.25) is 0 Å². The predicted octanol–water partition coefficient (Wildman–Crippen LogP) is 1.45. The molecule has 6 nitrogen and oxygen atoms in total. The van der Waals surface area contributed by atoms with Crippen LogP contribution in [0.3, 0.4) is 0 Å². The first-order valence-electron chi connectivity index (χ1n) is 5.33. The number of aryl methyl sites for hydroxylation is 1. The lowest BCUT2D eigenvalue weighted by molar-refractivity contribution is 0.0462. The van der Waals surface area contributed by atoms with E-state index in [1.807, 2.05) is 7.05 Å². The number of hydrogen-bond donors (Lipinski definition) is 1. The summed E-state index contributed by atoms with van der Waals surface area (Å²) >= 11 is 3.41. The van der Waals surface area contributed by atoms with Gasteiger partial charge in [0.05, 0.1) is 25.5 Å². The minimum atomic E-state index is -0.876. The van der Waals surface area contributed by atoms with Crippen molar-refractivity contribution in [2.45, 2.75) is 19.1 Å². The number of halogens is 1. The molecule has 0 aliphatic carbocycles. The maximum atomic E-state index is 10.7. The largest absolute Gasteiger partial charge is 0.465 e. The number of carbonyl (C=O) groups is 1. The van der Waals surface area contributed by atoms with Crippen LogP contribution >= 0.6 is 15.9 Å². The second kappa shape index (κ2) is 5.05. The summed E-state index contributed by atoms with van der Waals surface area (Å²) < 4.78 is 8.29. The molecule has 2 rings (SSSR count). The van der Waals surface area contributed by atoms with Gasteiger partial charge < -0.3 is 14.7 Å². The van der Waals surface area contributed by atoms with Crippen LogP contribution in [0.2, 0.25) is 0 Å². The SMILES string of the molecule is Cn1ncc(CO[C@H]2CCN(C(=O)O)C2)c1Br. The summed E-state index contributed by atoms with van der Waals surface area (Å²) in [6.45, 7) is 1.45. The maximum absolute atomic E-state index is 10.7. The lowest BCUT2D eigenvalue weighted by Gasteiger charge is -2.12. The lowest BCUT2D eigenvalue weighted by Crippen LogP contribution is -2.28. The van der Waals surface area contributed by atoms with Crippen molar-refractivity contribution < 1.29 is 14.6 Å². The van der Waals surface area contributed by atoms with E-state index in [2.05, 4.69) is 21.0 Å². The summed E-state index contributed by atoms with van der Waals surface area (Å²) in [4.78, 5) is 12.1. The molecule has 0 bridgehead atoms. The van der Waals surface area contributed by atoms with E-state index < -0.39 is 6.09 Å². The molecule has 1 fully saturated rings. The van der Waals surface area contributed by atoms with Crippen LogP contribution < -0.4 is 0 Å². The number of carboxylic acid groups (broad SMARTS) is 1. The Morgan fingerprint density at radius 1 is 1.76 bits per heavy atom. The first-order chi connectivity index (χ1) is 8.08. The van der Waals surface area contributed by atoms with Gasteiger partial charge in [0.15, 0.2) is 0 Å². The zero-order valence-corrected chi connectivity index (χ0v) is 11.1. The molecule has 94 valence electrons. The van der Waals surface area contributed by atoms with Crippen LogP contribution in [0.1, 0.15) is 12.0 Å². The fraction of sp³-hybridized carbons (Fsp3) is 0.600. The molecule has 1 amide bonds. The van der Waals surface area contributed by atoms with Crippen LogP contribution in [-0.4, -0.2) is 45.1 Å². The number of aromatic nitrogens is 2. The molecule has 7 heteroatoms. The Balaban J connectivity index is 1.84. The first-order valence-corrected chi connectivity index (χ1v) is 6.13. The van der Waals surface area contributed by atoms with Gasteiger partial charge in [-0.3, -0.25) is 4.68 Å². The highest BCUT2D eigenvalue weighted by atomic mass is 79.9. The highest BCUT2D eigenvalue weighted by Gasteiger charge is 2.26. The van der Waals surface area contributed by atoms with Crippen molar-refractivity contribution in [1.82, 2.24) is 14.7 Å². The number of nitrogens with zero attached hydrogens (tertiary/aromatic N) is 3. The fourth-order valence-corrected chi connectivity index (χ4v) is 2.12. The van der Waals surface area contributed by atoms with Gasteiger partial charge in [0.1, 0.15) is 4.60 Å². The summed E-state index contributed by atoms with van der Waals surface area (Å²) in [6.07, 6.45) is 1.61. The second-order valence-corrected chi connectivity index (χ2v) is 4.79. The Labute approximate surface area is 107 Å². The van der Waals surface area contributed by atoms with Crippen LogP contribution in [0.4, 0.5) is 4.79 Å². The van der Waals surface area contributed by atoms with E-state index in [-0.39, 0.29) is 6.10 Å². The molecule has 0 saturated carbocycles. The number of likely N-dealkylation sites (tertiary alicyclic amines) is 1. The Morgan fingerprint density at radius 2 is 2.53 bits per heavy atom. The molecule has 1 aliphatic rings. The van der Waals surface area contributed by atoms with Gasteiger partial charge in [-0.05, 0) is 22.4 Å². The number of ether oxygens (including phenoxy) is 1. The molecule has 17 heavy (non-hydrogen) atoms. The van der Waals surface area contributed by atoms with E-state index in [0.29, 0.717) is 19.7 Å². The lowest BCUT2D eigenvalue weighted by atomic mass is 10.3. The predicted molar refractivity (Wildman–Crippen MR) is 63.7 cm³/mol. The van der Waals surface area contributed by atoms with Gasteiger partial charge in [-0.25, -0.2) is 4.79 Å². The van der Waals surface area contributed by atoms with Gasteiger partial charge in [-0.15, -0.1) is 0 Å². The van der Waals surface area contributed by atoms with Gasteiger partial charge in [-0.1, -0.05) is 0 Å². The van der Waals surface area contributed by atoms with Crippen molar-refractivity contribution in [1.29, 1.82) is 0 Å². The van der Waals surface area contributed by atoms with Crippen LogP contribution in [-0.2, 0) is 18.4 Å². The monoisotopic (exact) mass is 303 g/mol. The van der Waals surface area contributed by atoms with E-state index in [0.717, 1.165) is 16.6 Å². The molecule has 0 radical (unpaired) electrons. The van der Waals surface area contributed by atoms with Crippen molar-refractivity contribution >= 4 is 22.0 Å². The van der Waals surface area contributed by atoms with E-state index in [1.54, 1.807) is 10.9 Å². The normalized spacial score (nSPS) is 19.9. The Morgan fingerprint density at radius 3 is 3.06 bits per heavy atom. The fourth-order valence-electron chi connectivity index (χ4n) is 1.81. The van der Waals surface area contributed by atoms with Crippen LogP contribution in [0.25, 0.3) is 0 Å². The molecular weight excluding hydrogens is 290 g/mol. The zero-order valence-electron chi connectivity index (χ0n) is 9.47. The van der Waals surface area contributed by atoms with Gasteiger partial charge >= 0.3 is 6.09 Å². The average molecular weight is 304 g/mol. The van der Waals surface area contributed by atoms with E-state index >= 15 is 0 Å². The highest BCUT2D eigenvalue weighted by Crippen LogP contribution is 2.19. The van der Waals surface area contributed by atoms with Gasteiger partial charge in [-0.2, -0.15) is 5.10 Å². The van der Waals surface area contributed by atoms with Crippen molar-refractivity contribution in [3.05, 3.63) is 16.4 Å². The molecular formula is C10H14BrN3O3. The molecule has 0 spiro atoms. The van der Waals surface area contributed by atoms with Gasteiger partial charge in [0, 0.05) is 19.2 Å². The topological polar surface area (TPSA) is 67.6 Å². The van der Waals surface area contributed by atoms with Crippen molar-refractivity contribution in [2.24, 2.45) is 7.05 Å². The van der Waals surface area contributed by atoms with Crippen LogP contribution in [0.15, 0.2) is 10.8 Å². The molecule has 2 heterocycles. The summed E-state index contributed by atoms with van der Waals surface area (Å²) in [5, 5.41) is 12.9. The molecule has 0 unspecified atom stereocenters. The highest BCUT2D eigenvalue weighted by molar-refractivity contribution is 9.10. The quantitative estimate of drug-likeness (QED) is 0.918. The van der Waals surface area contributed by atoms with Crippen LogP contribution in [0, 0.1) is 0 Å². The van der Waals surface area contributed by atoms with E-state index in [4.69, 9.17) is 9.84 Å². The van der Waals surface area contributed by atoms with Crippen molar-refractivity contribution in [3.63, 3.8) is 0 Å². The third-order valence-electron chi connectivity index (χ3n) is 2.83. The van der Waals surface area contributed by atoms with E-state index in [1.165, 1.54) is 4.90 Å². The van der Waals surface area contributed by atoms with E-state index in [9.17, 15) is 4.79 Å². The third-order valence-corrected chi connectivity index (χ3v) is 3.85. The summed E-state index contributed by atoms with van der Waals surface area (Å²) in [6, 6.07) is 0. The molecule has 1 aromatic rings. The summed E-state index contributed by atoms with van der Waals surface area (Å²) in [7, 11) is 1.84. The number of hydrogen-bond acceptors (Lipinski definition) is 3. The van der Waals surface area contributed by atoms with Gasteiger partial charge in [0.25, 0.3) is 0 Å². The minimum Gasteiger partial charge on any atom is -0.465 e. The standard InChI is InChI=1S/C10H14BrN3O3/c1-13-9(11)7(4-12-13)6-17-8-2-3-14(5-8)10(15)16/h4,8H,2-3,5-6H2,1H3,(H,15,16)/t8-/m0/s1. The molecule has 1 atom stereocenters. The van der Waals surface area contributed by atoms with Crippen LogP contribution in [0.5, 0.6) is 0 Å². The minimum absolute atomic E-state index is 0.0155. The maximum Gasteiger partial charge on any atom is 0.407 e. The van der Waals surface area contributed by atoms with Crippen molar-refractivity contribution in [3.8, 4) is 0 Å². The molecule has 1 aliphatic heterocycles. The third kappa shape index (κ3) is 2.78. The molecule has 1 saturated heterocycles. The molecule has 1 aromatic heterocycles. The molecule has 0 aromatic carbocycles. The summed E-state index contributed by atoms with van der Waals surface area (Å²) in [5.41, 5.74) is 0.973. The number of amides is 1. The Kier molecular flexibility index (Phi) is 3.68. The summed E-state index contributed by atoms with van der Waals surface area (Å²) in [5.74, 6) is 0. The second-order valence-electron chi connectivity index (χ2n) is 4.03. The number of rotatable bonds is 3.